The number of hydrogen-bond donors (Lipinski definition) is 1. The number of benzene rings is 2. The predicted octanol–water partition coefficient (Wildman–Crippen LogP) is 5.60. The Bertz CT molecular complexity index is 970. The molecule has 0 radical (unpaired) electrons. The molecular weight excluding hydrogens is 382 g/mol. The number of likely N-dealkylation sites (tertiary alicyclic amines) is 1. The number of nitrogens with zero attached hydrogens (tertiary/aromatic N) is 2. The summed E-state index contributed by atoms with van der Waals surface area (Å²) in [6, 6.07) is 15.5. The third-order valence-electron chi connectivity index (χ3n) is 7.40. The van der Waals surface area contributed by atoms with Crippen molar-refractivity contribution >= 4 is 17.3 Å². The molecule has 1 saturated heterocycles. The van der Waals surface area contributed by atoms with Gasteiger partial charge in [-0.1, -0.05) is 36.4 Å². The highest BCUT2D eigenvalue weighted by Gasteiger charge is 2.39. The maximum atomic E-state index is 13.3. The summed E-state index contributed by atoms with van der Waals surface area (Å²) in [7, 11) is 0. The molecule has 31 heavy (non-hydrogen) atoms. The molecule has 0 spiro atoms. The van der Waals surface area contributed by atoms with Gasteiger partial charge >= 0.3 is 0 Å². The first kappa shape index (κ1) is 20.2. The molecule has 162 valence electrons. The van der Waals surface area contributed by atoms with Crippen molar-refractivity contribution in [2.75, 3.05) is 36.4 Å². The average Bonchev–Trinajstić information content (AvgIpc) is 3.52. The van der Waals surface area contributed by atoms with Crippen LogP contribution in [-0.4, -0.2) is 37.0 Å². The first-order valence-electron chi connectivity index (χ1n) is 11.9. The minimum absolute atomic E-state index is 0.179. The molecule has 2 aromatic carbocycles. The predicted molar refractivity (Wildman–Crippen MR) is 128 cm³/mol. The van der Waals surface area contributed by atoms with Crippen LogP contribution in [0, 0.1) is 5.92 Å². The number of fused-ring (bicyclic) bond motifs is 3. The minimum Gasteiger partial charge on any atom is -0.377 e. The normalized spacial score (nSPS) is 23.9. The number of carbonyl (C=O) groups is 1. The van der Waals surface area contributed by atoms with Crippen LogP contribution >= 0.6 is 0 Å². The van der Waals surface area contributed by atoms with Gasteiger partial charge in [-0.3, -0.25) is 4.79 Å². The van der Waals surface area contributed by atoms with E-state index in [0.717, 1.165) is 56.7 Å². The largest absolute Gasteiger partial charge is 0.377 e. The van der Waals surface area contributed by atoms with Crippen molar-refractivity contribution in [3.8, 4) is 0 Å². The van der Waals surface area contributed by atoms with E-state index in [1.807, 2.05) is 11.0 Å². The maximum Gasteiger partial charge on any atom is 0.255 e. The second-order valence-corrected chi connectivity index (χ2v) is 9.01. The summed E-state index contributed by atoms with van der Waals surface area (Å²) in [5, 5.41) is 3.83. The second-order valence-electron chi connectivity index (χ2n) is 9.01. The van der Waals surface area contributed by atoms with Crippen LogP contribution in [0.3, 0.4) is 0 Å². The Labute approximate surface area is 185 Å². The number of amides is 1. The van der Waals surface area contributed by atoms with Crippen molar-refractivity contribution in [3.63, 3.8) is 0 Å². The van der Waals surface area contributed by atoms with E-state index in [-0.39, 0.29) is 11.9 Å². The fourth-order valence-corrected chi connectivity index (χ4v) is 5.70. The van der Waals surface area contributed by atoms with Crippen LogP contribution in [-0.2, 0) is 0 Å². The second kappa shape index (κ2) is 8.41. The number of rotatable bonds is 5. The smallest absolute Gasteiger partial charge is 0.255 e. The molecule has 1 N–H and O–H groups in total. The van der Waals surface area contributed by atoms with Crippen molar-refractivity contribution < 1.29 is 4.79 Å². The third-order valence-corrected chi connectivity index (χ3v) is 7.40. The van der Waals surface area contributed by atoms with Gasteiger partial charge in [0, 0.05) is 37.8 Å². The lowest BCUT2D eigenvalue weighted by Crippen LogP contribution is -2.33. The number of hydrogen-bond acceptors (Lipinski definition) is 3. The van der Waals surface area contributed by atoms with Gasteiger partial charge in [-0.25, -0.2) is 0 Å². The van der Waals surface area contributed by atoms with Gasteiger partial charge in [-0.05, 0) is 68.4 Å². The molecule has 2 aliphatic heterocycles. The molecule has 3 atom stereocenters. The molecule has 4 heteroatoms. The van der Waals surface area contributed by atoms with E-state index in [0.29, 0.717) is 11.8 Å². The van der Waals surface area contributed by atoms with Gasteiger partial charge in [0.15, 0.2) is 0 Å². The van der Waals surface area contributed by atoms with Crippen molar-refractivity contribution in [3.05, 3.63) is 71.3 Å². The molecule has 3 unspecified atom stereocenters. The number of carbonyl (C=O) groups excluding carboxylic acids is 1. The van der Waals surface area contributed by atoms with Crippen LogP contribution in [0.25, 0.3) is 0 Å². The van der Waals surface area contributed by atoms with E-state index >= 15 is 0 Å². The molecule has 1 fully saturated rings. The van der Waals surface area contributed by atoms with Gasteiger partial charge in [-0.15, -0.1) is 0 Å². The zero-order chi connectivity index (χ0) is 21.4. The monoisotopic (exact) mass is 415 g/mol. The van der Waals surface area contributed by atoms with E-state index < -0.39 is 0 Å². The van der Waals surface area contributed by atoms with Crippen molar-refractivity contribution in [2.45, 2.75) is 45.1 Å². The van der Waals surface area contributed by atoms with E-state index in [4.69, 9.17) is 0 Å². The standard InChI is InChI=1S/C27H33N3O/c1-3-29(4-2)20-15-13-19(14-16-20)25-22-10-7-9-21(22)23-11-8-12-24(26(23)28-25)27(31)30-17-5-6-18-30/h7-9,11-16,21-22,25,28H,3-6,10,17-18H2,1-2H3. The number of nitrogens with one attached hydrogen (secondary N) is 1. The fraction of sp³-hybridized carbons (Fsp3) is 0.444. The van der Waals surface area contributed by atoms with Crippen LogP contribution < -0.4 is 10.2 Å². The first-order valence-corrected chi connectivity index (χ1v) is 11.9. The lowest BCUT2D eigenvalue weighted by molar-refractivity contribution is 0.0793. The third kappa shape index (κ3) is 3.52. The van der Waals surface area contributed by atoms with Crippen LogP contribution in [0.4, 0.5) is 11.4 Å². The van der Waals surface area contributed by atoms with Gasteiger partial charge < -0.3 is 15.1 Å². The van der Waals surface area contributed by atoms with Crippen molar-refractivity contribution in [2.24, 2.45) is 5.92 Å². The zero-order valence-electron chi connectivity index (χ0n) is 18.7. The topological polar surface area (TPSA) is 35.6 Å². The lowest BCUT2D eigenvalue weighted by Gasteiger charge is -2.38. The fourth-order valence-electron chi connectivity index (χ4n) is 5.70. The highest BCUT2D eigenvalue weighted by molar-refractivity contribution is 6.01. The van der Waals surface area contributed by atoms with Crippen LogP contribution in [0.2, 0.25) is 0 Å². The summed E-state index contributed by atoms with van der Waals surface area (Å²) in [6.45, 7) is 8.19. The Kier molecular flexibility index (Phi) is 5.47. The van der Waals surface area contributed by atoms with Gasteiger partial charge in [-0.2, -0.15) is 0 Å². The minimum atomic E-state index is 0.179. The average molecular weight is 416 g/mol. The van der Waals surface area contributed by atoms with Crippen LogP contribution in [0.5, 0.6) is 0 Å². The Hall–Kier alpha value is -2.75. The first-order chi connectivity index (χ1) is 15.2. The number of para-hydroxylation sites is 1. The summed E-state index contributed by atoms with van der Waals surface area (Å²) in [5.41, 5.74) is 5.74. The molecular formula is C27H33N3O. The molecule has 2 heterocycles. The van der Waals surface area contributed by atoms with Gasteiger partial charge in [0.2, 0.25) is 0 Å². The molecule has 4 nitrogen and oxygen atoms in total. The number of anilines is 2. The molecule has 0 saturated carbocycles. The van der Waals surface area contributed by atoms with Crippen LogP contribution in [0.15, 0.2) is 54.6 Å². The molecule has 0 aromatic heterocycles. The molecule has 0 bridgehead atoms. The summed E-state index contributed by atoms with van der Waals surface area (Å²) < 4.78 is 0. The maximum absolute atomic E-state index is 13.3. The van der Waals surface area contributed by atoms with E-state index in [9.17, 15) is 4.79 Å². The van der Waals surface area contributed by atoms with E-state index in [2.05, 4.69) is 72.6 Å². The Morgan fingerprint density at radius 3 is 2.52 bits per heavy atom. The van der Waals surface area contributed by atoms with Gasteiger partial charge in [0.1, 0.15) is 0 Å². The lowest BCUT2D eigenvalue weighted by atomic mass is 9.76. The SMILES string of the molecule is CCN(CC)c1ccc(C2Nc3c(C(=O)N4CCCC4)cccc3C3C=CCC32)cc1. The highest BCUT2D eigenvalue weighted by Crippen LogP contribution is 2.50. The molecule has 2 aromatic rings. The molecule has 5 rings (SSSR count). The van der Waals surface area contributed by atoms with Gasteiger partial charge in [0.05, 0.1) is 17.3 Å². The highest BCUT2D eigenvalue weighted by atomic mass is 16.2. The van der Waals surface area contributed by atoms with Crippen LogP contribution in [0.1, 0.15) is 66.6 Å². The quantitative estimate of drug-likeness (QED) is 0.646. The summed E-state index contributed by atoms with van der Waals surface area (Å²) in [4.78, 5) is 17.7. The van der Waals surface area contributed by atoms with Crippen molar-refractivity contribution in [1.82, 2.24) is 4.90 Å². The Balaban J connectivity index is 1.50. The number of allylic oxidation sites excluding steroid dienone is 2. The summed E-state index contributed by atoms with van der Waals surface area (Å²) in [5.74, 6) is 1.04. The Morgan fingerprint density at radius 1 is 1.06 bits per heavy atom. The van der Waals surface area contributed by atoms with Gasteiger partial charge in [0.25, 0.3) is 5.91 Å². The molecule has 1 amide bonds. The molecule has 1 aliphatic carbocycles. The molecule has 3 aliphatic rings. The van der Waals surface area contributed by atoms with Crippen molar-refractivity contribution in [1.29, 1.82) is 0 Å². The summed E-state index contributed by atoms with van der Waals surface area (Å²) in [6.07, 6.45) is 7.97. The summed E-state index contributed by atoms with van der Waals surface area (Å²) >= 11 is 0. The Morgan fingerprint density at radius 2 is 1.81 bits per heavy atom. The van der Waals surface area contributed by atoms with E-state index in [1.54, 1.807) is 0 Å². The zero-order valence-corrected chi connectivity index (χ0v) is 18.7. The van der Waals surface area contributed by atoms with E-state index in [1.165, 1.54) is 16.8 Å².